The number of carbonyl (C=O) groups excluding carboxylic acids is 1. The second kappa shape index (κ2) is 10.5. The number of ketones is 1. The van der Waals surface area contributed by atoms with Crippen LogP contribution in [-0.4, -0.2) is 29.9 Å². The fraction of sp³-hybridized carbons (Fsp3) is 0.148. The third-order valence-corrected chi connectivity index (χ3v) is 7.09. The second-order valence-electron chi connectivity index (χ2n) is 8.13. The number of anilines is 4. The molecule has 4 aromatic rings. The maximum atomic E-state index is 12.2. The second-order valence-corrected chi connectivity index (χ2v) is 10.4. The molecule has 0 atom stereocenters. The lowest BCUT2D eigenvalue weighted by molar-refractivity contribution is -0.116. The van der Waals surface area contributed by atoms with Crippen molar-refractivity contribution in [3.8, 4) is 11.1 Å². The van der Waals surface area contributed by atoms with E-state index in [1.165, 1.54) is 6.33 Å². The Morgan fingerprint density at radius 1 is 0.800 bits per heavy atom. The zero-order valence-electron chi connectivity index (χ0n) is 19.5. The summed E-state index contributed by atoms with van der Waals surface area (Å²) < 4.78 is 24.4. The number of aromatic nitrogens is 2. The van der Waals surface area contributed by atoms with E-state index in [1.54, 1.807) is 44.2 Å². The molecule has 1 aromatic heterocycles. The SMILES string of the molecule is CCS(=O)(=O)c1cccc(Nc2cc(Nc3cccc(-c4cccc(CC(C)=O)c4)c3)ncn2)c1. The van der Waals surface area contributed by atoms with Gasteiger partial charge in [0.15, 0.2) is 9.84 Å². The summed E-state index contributed by atoms with van der Waals surface area (Å²) in [6.07, 6.45) is 1.85. The van der Waals surface area contributed by atoms with Gasteiger partial charge in [-0.2, -0.15) is 0 Å². The molecule has 0 aliphatic heterocycles. The van der Waals surface area contributed by atoms with Crippen LogP contribution in [0.3, 0.4) is 0 Å². The summed E-state index contributed by atoms with van der Waals surface area (Å²) in [6, 6.07) is 24.3. The van der Waals surface area contributed by atoms with E-state index < -0.39 is 9.84 Å². The first-order valence-electron chi connectivity index (χ1n) is 11.2. The Morgan fingerprint density at radius 2 is 1.40 bits per heavy atom. The molecule has 0 radical (unpaired) electrons. The van der Waals surface area contributed by atoms with Gasteiger partial charge in [0, 0.05) is 23.9 Å². The molecule has 8 heteroatoms. The number of rotatable bonds is 9. The van der Waals surface area contributed by atoms with Crippen LogP contribution in [0, 0.1) is 0 Å². The number of nitrogens with zero attached hydrogens (tertiary/aromatic N) is 2. The van der Waals surface area contributed by atoms with Crippen LogP contribution in [0.1, 0.15) is 19.4 Å². The number of sulfone groups is 1. The van der Waals surface area contributed by atoms with Gasteiger partial charge in [-0.3, -0.25) is 4.79 Å². The fourth-order valence-corrected chi connectivity index (χ4v) is 4.57. The van der Waals surface area contributed by atoms with Crippen LogP contribution in [-0.2, 0) is 21.1 Å². The molecule has 178 valence electrons. The highest BCUT2D eigenvalue weighted by Crippen LogP contribution is 2.26. The van der Waals surface area contributed by atoms with E-state index >= 15 is 0 Å². The van der Waals surface area contributed by atoms with Crippen LogP contribution in [0.5, 0.6) is 0 Å². The minimum absolute atomic E-state index is 0.0398. The van der Waals surface area contributed by atoms with Gasteiger partial charge in [-0.05, 0) is 53.9 Å². The van der Waals surface area contributed by atoms with E-state index in [4.69, 9.17) is 0 Å². The number of hydrogen-bond donors (Lipinski definition) is 2. The largest absolute Gasteiger partial charge is 0.340 e. The van der Waals surface area contributed by atoms with Gasteiger partial charge in [0.2, 0.25) is 0 Å². The highest BCUT2D eigenvalue weighted by atomic mass is 32.2. The van der Waals surface area contributed by atoms with Gasteiger partial charge in [0.1, 0.15) is 23.7 Å². The smallest absolute Gasteiger partial charge is 0.178 e. The Labute approximate surface area is 205 Å². The van der Waals surface area contributed by atoms with Gasteiger partial charge < -0.3 is 10.6 Å². The maximum absolute atomic E-state index is 12.2. The Balaban J connectivity index is 1.52. The molecule has 0 saturated carbocycles. The van der Waals surface area contributed by atoms with Crippen molar-refractivity contribution in [1.82, 2.24) is 9.97 Å². The van der Waals surface area contributed by atoms with Crippen LogP contribution >= 0.6 is 0 Å². The van der Waals surface area contributed by atoms with Crippen molar-refractivity contribution in [3.05, 3.63) is 90.8 Å². The molecule has 7 nitrogen and oxygen atoms in total. The van der Waals surface area contributed by atoms with Gasteiger partial charge in [-0.15, -0.1) is 0 Å². The van der Waals surface area contributed by atoms with Crippen molar-refractivity contribution < 1.29 is 13.2 Å². The van der Waals surface area contributed by atoms with Crippen molar-refractivity contribution in [2.24, 2.45) is 0 Å². The van der Waals surface area contributed by atoms with E-state index in [1.807, 2.05) is 48.5 Å². The van der Waals surface area contributed by atoms with Gasteiger partial charge in [-0.25, -0.2) is 18.4 Å². The van der Waals surface area contributed by atoms with Crippen molar-refractivity contribution in [1.29, 1.82) is 0 Å². The van der Waals surface area contributed by atoms with E-state index in [9.17, 15) is 13.2 Å². The molecule has 0 fully saturated rings. The molecule has 0 aliphatic carbocycles. The Kier molecular flexibility index (Phi) is 7.22. The van der Waals surface area contributed by atoms with Crippen molar-refractivity contribution in [2.45, 2.75) is 25.2 Å². The molecule has 3 aromatic carbocycles. The summed E-state index contributed by atoms with van der Waals surface area (Å²) in [5.41, 5.74) is 4.49. The molecule has 0 spiro atoms. The molecule has 0 saturated heterocycles. The Bertz CT molecular complexity index is 1470. The summed E-state index contributed by atoms with van der Waals surface area (Å²) in [5, 5.41) is 6.43. The van der Waals surface area contributed by atoms with Gasteiger partial charge in [0.25, 0.3) is 0 Å². The first-order chi connectivity index (χ1) is 16.8. The number of benzene rings is 3. The third kappa shape index (κ3) is 6.30. The first-order valence-corrected chi connectivity index (χ1v) is 12.9. The third-order valence-electron chi connectivity index (χ3n) is 5.36. The molecule has 35 heavy (non-hydrogen) atoms. The summed E-state index contributed by atoms with van der Waals surface area (Å²) in [7, 11) is -3.30. The molecule has 1 heterocycles. The summed E-state index contributed by atoms with van der Waals surface area (Å²) >= 11 is 0. The average Bonchev–Trinajstić information content (AvgIpc) is 2.84. The van der Waals surface area contributed by atoms with Gasteiger partial charge in [0.05, 0.1) is 10.6 Å². The number of nitrogens with one attached hydrogen (secondary N) is 2. The number of carbonyl (C=O) groups is 1. The van der Waals surface area contributed by atoms with Crippen LogP contribution in [0.2, 0.25) is 0 Å². The fourth-order valence-electron chi connectivity index (χ4n) is 3.65. The molecule has 2 N–H and O–H groups in total. The average molecular weight is 487 g/mol. The normalized spacial score (nSPS) is 11.1. The standard InChI is InChI=1S/C27H26N4O3S/c1-3-35(33,34)25-12-6-11-24(16-25)31-27-17-26(28-18-29-27)30-23-10-5-9-22(15-23)21-8-4-7-20(14-21)13-19(2)32/h4-12,14-18H,3,13H2,1-2H3,(H2,28,29,30,31). The number of hydrogen-bond acceptors (Lipinski definition) is 7. The predicted octanol–water partition coefficient (Wildman–Crippen LogP) is 5.56. The minimum Gasteiger partial charge on any atom is -0.340 e. The highest BCUT2D eigenvalue weighted by Gasteiger charge is 2.12. The van der Waals surface area contributed by atoms with Crippen LogP contribution in [0.15, 0.2) is 90.1 Å². The Hall–Kier alpha value is -4.04. The van der Waals surface area contributed by atoms with E-state index in [-0.39, 0.29) is 16.4 Å². The van der Waals surface area contributed by atoms with E-state index in [0.29, 0.717) is 23.7 Å². The highest BCUT2D eigenvalue weighted by molar-refractivity contribution is 7.91. The van der Waals surface area contributed by atoms with Crippen molar-refractivity contribution >= 4 is 38.6 Å². The van der Waals surface area contributed by atoms with Gasteiger partial charge in [-0.1, -0.05) is 49.4 Å². The zero-order valence-corrected chi connectivity index (χ0v) is 20.3. The molecule has 0 amide bonds. The van der Waals surface area contributed by atoms with Crippen molar-refractivity contribution in [3.63, 3.8) is 0 Å². The van der Waals surface area contributed by atoms with Crippen LogP contribution < -0.4 is 10.6 Å². The monoisotopic (exact) mass is 486 g/mol. The minimum atomic E-state index is -3.30. The lowest BCUT2D eigenvalue weighted by atomic mass is 10.0. The van der Waals surface area contributed by atoms with Crippen LogP contribution in [0.4, 0.5) is 23.0 Å². The van der Waals surface area contributed by atoms with Gasteiger partial charge >= 0.3 is 0 Å². The molecular weight excluding hydrogens is 460 g/mol. The summed E-state index contributed by atoms with van der Waals surface area (Å²) in [4.78, 5) is 20.3. The molecule has 0 aliphatic rings. The summed E-state index contributed by atoms with van der Waals surface area (Å²) in [5.74, 6) is 1.28. The lowest BCUT2D eigenvalue weighted by Crippen LogP contribution is -2.04. The van der Waals surface area contributed by atoms with Crippen LogP contribution in [0.25, 0.3) is 11.1 Å². The maximum Gasteiger partial charge on any atom is 0.178 e. The molecule has 0 unspecified atom stereocenters. The molecular formula is C27H26N4O3S. The zero-order chi connectivity index (χ0) is 24.8. The summed E-state index contributed by atoms with van der Waals surface area (Å²) in [6.45, 7) is 3.21. The number of Topliss-reactive ketones (excluding diaryl/α,β-unsaturated/α-hetero) is 1. The quantitative estimate of drug-likeness (QED) is 0.320. The topological polar surface area (TPSA) is 101 Å². The molecule has 4 rings (SSSR count). The lowest BCUT2D eigenvalue weighted by Gasteiger charge is -2.11. The van der Waals surface area contributed by atoms with E-state index in [0.717, 1.165) is 22.4 Å². The Morgan fingerprint density at radius 3 is 2.06 bits per heavy atom. The van der Waals surface area contributed by atoms with E-state index in [2.05, 4.69) is 20.6 Å². The predicted molar refractivity (Wildman–Crippen MR) is 139 cm³/mol. The molecule has 0 bridgehead atoms. The van der Waals surface area contributed by atoms with Crippen molar-refractivity contribution in [2.75, 3.05) is 16.4 Å². The first kappa shape index (κ1) is 24.1.